The summed E-state index contributed by atoms with van der Waals surface area (Å²) in [5, 5.41) is 0. The fourth-order valence-corrected chi connectivity index (χ4v) is 5.42. The van der Waals surface area contributed by atoms with E-state index in [1.54, 1.807) is 21.3 Å². The van der Waals surface area contributed by atoms with Crippen molar-refractivity contribution in [1.29, 1.82) is 0 Å². The van der Waals surface area contributed by atoms with Crippen LogP contribution >= 0.6 is 0 Å². The average molecular weight is 338 g/mol. The Morgan fingerprint density at radius 3 is 2.09 bits per heavy atom. The first-order valence-electron chi connectivity index (χ1n) is 8.99. The van der Waals surface area contributed by atoms with Crippen LogP contribution in [0.3, 0.4) is 0 Å². The number of rotatable bonds is 3. The van der Waals surface area contributed by atoms with Crippen LogP contribution in [0.15, 0.2) is 29.2 Å². The smallest absolute Gasteiger partial charge is 0.243 e. The van der Waals surface area contributed by atoms with E-state index in [4.69, 9.17) is 0 Å². The number of nitrogens with zero attached hydrogens (tertiary/aromatic N) is 1. The van der Waals surface area contributed by atoms with Crippen molar-refractivity contribution in [2.24, 2.45) is 0 Å². The highest BCUT2D eigenvalue weighted by Gasteiger charge is 2.33. The number of hydrogen-bond donors (Lipinski definition) is 1. The van der Waals surface area contributed by atoms with Crippen LogP contribution in [0.2, 0.25) is 0 Å². The fourth-order valence-electron chi connectivity index (χ4n) is 3.95. The summed E-state index contributed by atoms with van der Waals surface area (Å²) in [7, 11) is -3.32. The van der Waals surface area contributed by atoms with E-state index >= 15 is 0 Å². The molecule has 0 unspecified atom stereocenters. The van der Waals surface area contributed by atoms with E-state index in [2.05, 4.69) is 0 Å². The molecule has 0 saturated carbocycles. The molecule has 1 aromatic carbocycles. The number of aryl methyl sites for hydroxylation is 1. The van der Waals surface area contributed by atoms with Crippen molar-refractivity contribution in [1.82, 2.24) is 4.31 Å². The summed E-state index contributed by atoms with van der Waals surface area (Å²) in [5.41, 5.74) is 1.09. The first-order valence-corrected chi connectivity index (χ1v) is 10.4. The maximum absolute atomic E-state index is 12.8. The van der Waals surface area contributed by atoms with Gasteiger partial charge in [-0.1, -0.05) is 17.7 Å². The Kier molecular flexibility index (Phi) is 5.39. The maximum Gasteiger partial charge on any atom is 0.243 e. The minimum Gasteiger partial charge on any atom is -0.332 e. The summed E-state index contributed by atoms with van der Waals surface area (Å²) in [6, 6.07) is 7.87. The molecule has 0 spiro atoms. The van der Waals surface area contributed by atoms with Gasteiger partial charge in [-0.3, -0.25) is 0 Å². The van der Waals surface area contributed by atoms with Gasteiger partial charge in [-0.15, -0.1) is 0 Å². The van der Waals surface area contributed by atoms with Gasteiger partial charge in [-0.05, 0) is 44.7 Å². The van der Waals surface area contributed by atoms with Crippen LogP contribution in [0.5, 0.6) is 0 Å². The molecular formula is C18H29N2O2S+. The van der Waals surface area contributed by atoms with Crippen molar-refractivity contribution in [2.75, 3.05) is 26.2 Å². The van der Waals surface area contributed by atoms with Crippen molar-refractivity contribution < 1.29 is 13.3 Å². The minimum absolute atomic E-state index is 0.434. The van der Waals surface area contributed by atoms with Gasteiger partial charge < -0.3 is 4.90 Å². The van der Waals surface area contributed by atoms with Gasteiger partial charge in [0.05, 0.1) is 24.0 Å². The zero-order chi connectivity index (χ0) is 16.3. The van der Waals surface area contributed by atoms with Crippen molar-refractivity contribution in [3.63, 3.8) is 0 Å². The summed E-state index contributed by atoms with van der Waals surface area (Å²) in [6.07, 6.45) is 7.39. The van der Waals surface area contributed by atoms with E-state index in [1.165, 1.54) is 38.8 Å². The van der Waals surface area contributed by atoms with E-state index in [-0.39, 0.29) is 0 Å². The quantitative estimate of drug-likeness (QED) is 0.910. The lowest BCUT2D eigenvalue weighted by atomic mass is 10.0. The summed E-state index contributed by atoms with van der Waals surface area (Å²) in [4.78, 5) is 2.15. The molecule has 2 fully saturated rings. The summed E-state index contributed by atoms with van der Waals surface area (Å²) in [6.45, 7) is 5.87. The first-order chi connectivity index (χ1) is 11.1. The predicted molar refractivity (Wildman–Crippen MR) is 92.1 cm³/mol. The molecule has 1 N–H and O–H groups in total. The van der Waals surface area contributed by atoms with E-state index in [0.717, 1.165) is 18.4 Å². The van der Waals surface area contributed by atoms with Crippen LogP contribution in [-0.4, -0.2) is 44.9 Å². The third-order valence-corrected chi connectivity index (χ3v) is 7.35. The maximum atomic E-state index is 12.8. The van der Waals surface area contributed by atoms with Gasteiger partial charge in [0, 0.05) is 25.9 Å². The lowest BCUT2D eigenvalue weighted by molar-refractivity contribution is -0.926. The molecule has 4 nitrogen and oxygen atoms in total. The summed E-state index contributed by atoms with van der Waals surface area (Å²) in [5.74, 6) is 0. The molecule has 0 atom stereocenters. The van der Waals surface area contributed by atoms with Gasteiger partial charge in [0.2, 0.25) is 10.0 Å². The Morgan fingerprint density at radius 2 is 1.52 bits per heavy atom. The third-order valence-electron chi connectivity index (χ3n) is 5.44. The fraction of sp³-hybridized carbons (Fsp3) is 0.667. The summed E-state index contributed by atoms with van der Waals surface area (Å²) < 4.78 is 27.2. The Balaban J connectivity index is 1.62. The van der Waals surface area contributed by atoms with E-state index < -0.39 is 10.0 Å². The zero-order valence-corrected chi connectivity index (χ0v) is 14.9. The van der Waals surface area contributed by atoms with Crippen LogP contribution < -0.4 is 4.90 Å². The zero-order valence-electron chi connectivity index (χ0n) is 14.1. The van der Waals surface area contributed by atoms with Gasteiger partial charge in [-0.25, -0.2) is 8.42 Å². The molecule has 1 aromatic rings. The lowest BCUT2D eigenvalue weighted by Crippen LogP contribution is -3.16. The minimum atomic E-state index is -3.32. The number of hydrogen-bond acceptors (Lipinski definition) is 2. The van der Waals surface area contributed by atoms with Gasteiger partial charge in [-0.2, -0.15) is 4.31 Å². The average Bonchev–Trinajstić information content (AvgIpc) is 2.85. The number of quaternary nitrogens is 1. The standard InChI is InChI=1S/C18H28N2O2S/c1-16-6-8-18(9-7-16)23(21,22)20-14-10-17(11-15-20)19-12-4-2-3-5-13-19/h6-9,17H,2-5,10-15H2,1H3/p+1. The highest BCUT2D eigenvalue weighted by atomic mass is 32.2. The number of likely N-dealkylation sites (tertiary alicyclic amines) is 1. The predicted octanol–water partition coefficient (Wildman–Crippen LogP) is 1.61. The molecule has 0 radical (unpaired) electrons. The van der Waals surface area contributed by atoms with Gasteiger partial charge in [0.15, 0.2) is 0 Å². The largest absolute Gasteiger partial charge is 0.332 e. The SMILES string of the molecule is Cc1ccc(S(=O)(=O)N2CCC([NH+]3CCCCCC3)CC2)cc1. The summed E-state index contributed by atoms with van der Waals surface area (Å²) >= 11 is 0. The van der Waals surface area contributed by atoms with Crippen molar-refractivity contribution in [3.05, 3.63) is 29.8 Å². The van der Waals surface area contributed by atoms with Crippen LogP contribution in [0, 0.1) is 6.92 Å². The molecule has 128 valence electrons. The van der Waals surface area contributed by atoms with E-state index in [0.29, 0.717) is 24.0 Å². The number of piperidine rings is 1. The van der Waals surface area contributed by atoms with E-state index in [1.807, 2.05) is 19.1 Å². The van der Waals surface area contributed by atoms with Gasteiger partial charge >= 0.3 is 0 Å². The second-order valence-electron chi connectivity index (χ2n) is 7.06. The number of nitrogens with one attached hydrogen (secondary N) is 1. The molecule has 0 aromatic heterocycles. The molecular weight excluding hydrogens is 308 g/mol. The normalized spacial score (nSPS) is 22.8. The van der Waals surface area contributed by atoms with Crippen molar-refractivity contribution in [3.8, 4) is 0 Å². The van der Waals surface area contributed by atoms with E-state index in [9.17, 15) is 8.42 Å². The second-order valence-corrected chi connectivity index (χ2v) is 9.00. The first kappa shape index (κ1) is 16.9. The Labute approximate surface area is 140 Å². The molecule has 0 amide bonds. The van der Waals surface area contributed by atoms with Crippen LogP contribution in [0.4, 0.5) is 0 Å². The Hall–Kier alpha value is -0.910. The molecule has 2 saturated heterocycles. The topological polar surface area (TPSA) is 41.8 Å². The molecule has 0 aliphatic carbocycles. The highest BCUT2D eigenvalue weighted by Crippen LogP contribution is 2.20. The molecule has 23 heavy (non-hydrogen) atoms. The van der Waals surface area contributed by atoms with Crippen LogP contribution in [-0.2, 0) is 10.0 Å². The molecule has 5 heteroatoms. The van der Waals surface area contributed by atoms with Gasteiger partial charge in [0.25, 0.3) is 0 Å². The van der Waals surface area contributed by atoms with Crippen molar-refractivity contribution >= 4 is 10.0 Å². The number of benzene rings is 1. The monoisotopic (exact) mass is 337 g/mol. The van der Waals surface area contributed by atoms with Crippen molar-refractivity contribution in [2.45, 2.75) is 56.4 Å². The lowest BCUT2D eigenvalue weighted by Gasteiger charge is -2.35. The Bertz CT molecular complexity index is 596. The van der Waals surface area contributed by atoms with Crippen LogP contribution in [0.1, 0.15) is 44.1 Å². The molecule has 2 aliphatic heterocycles. The highest BCUT2D eigenvalue weighted by molar-refractivity contribution is 7.89. The molecule has 3 rings (SSSR count). The Morgan fingerprint density at radius 1 is 0.957 bits per heavy atom. The number of sulfonamides is 1. The van der Waals surface area contributed by atoms with Gasteiger partial charge in [0.1, 0.15) is 0 Å². The second kappa shape index (κ2) is 7.32. The van der Waals surface area contributed by atoms with Crippen LogP contribution in [0.25, 0.3) is 0 Å². The molecule has 2 heterocycles. The third kappa shape index (κ3) is 3.95. The molecule has 0 bridgehead atoms. The molecule has 2 aliphatic rings.